The zero-order chi connectivity index (χ0) is 17.6. The average molecular weight is 345 g/mol. The number of ether oxygens (including phenoxy) is 1. The summed E-state index contributed by atoms with van der Waals surface area (Å²) >= 11 is 0. The second kappa shape index (κ2) is 8.45. The van der Waals surface area contributed by atoms with E-state index in [2.05, 4.69) is 10.2 Å². The minimum atomic E-state index is -0.252. The van der Waals surface area contributed by atoms with Crippen molar-refractivity contribution in [2.75, 3.05) is 32.8 Å². The third kappa shape index (κ3) is 4.58. The lowest BCUT2D eigenvalue weighted by Crippen LogP contribution is -2.56. The minimum absolute atomic E-state index is 0.0303. The normalized spacial score (nSPS) is 22.6. The van der Waals surface area contributed by atoms with Crippen LogP contribution in [0.3, 0.4) is 0 Å². The van der Waals surface area contributed by atoms with Gasteiger partial charge < -0.3 is 15.0 Å². The molecule has 2 aliphatic heterocycles. The summed E-state index contributed by atoms with van der Waals surface area (Å²) in [6, 6.07) is 9.71. The number of hydrogen-bond acceptors (Lipinski definition) is 4. The van der Waals surface area contributed by atoms with Gasteiger partial charge in [0.2, 0.25) is 5.91 Å². The molecule has 25 heavy (non-hydrogen) atoms. The van der Waals surface area contributed by atoms with Crippen LogP contribution in [0, 0.1) is 0 Å². The fourth-order valence-corrected chi connectivity index (χ4v) is 3.40. The molecule has 2 fully saturated rings. The lowest BCUT2D eigenvalue weighted by Gasteiger charge is -2.38. The van der Waals surface area contributed by atoms with Crippen molar-refractivity contribution in [2.45, 2.75) is 38.5 Å². The maximum atomic E-state index is 12.4. The Morgan fingerprint density at radius 1 is 1.20 bits per heavy atom. The maximum absolute atomic E-state index is 12.4. The predicted octanol–water partition coefficient (Wildman–Crippen LogP) is 1.01. The molecule has 0 spiro atoms. The number of nitrogens with one attached hydrogen (secondary N) is 1. The third-order valence-corrected chi connectivity index (χ3v) is 5.07. The molecule has 0 radical (unpaired) electrons. The van der Waals surface area contributed by atoms with Crippen LogP contribution >= 0.6 is 0 Å². The van der Waals surface area contributed by atoms with Gasteiger partial charge in [-0.1, -0.05) is 30.3 Å². The van der Waals surface area contributed by atoms with Crippen LogP contribution < -0.4 is 5.32 Å². The fraction of sp³-hybridized carbons (Fsp3) is 0.579. The first-order valence-electron chi connectivity index (χ1n) is 9.11. The average Bonchev–Trinajstić information content (AvgIpc) is 3.20. The van der Waals surface area contributed by atoms with E-state index in [9.17, 15) is 9.59 Å². The van der Waals surface area contributed by atoms with Crippen molar-refractivity contribution in [3.8, 4) is 0 Å². The molecular weight excluding hydrogens is 318 g/mol. The molecule has 0 aromatic heterocycles. The zero-order valence-corrected chi connectivity index (χ0v) is 14.8. The molecule has 136 valence electrons. The molecule has 6 nitrogen and oxygen atoms in total. The first-order chi connectivity index (χ1) is 12.1. The SMILES string of the molecule is C[C@@H](C(=O)NCc1ccccc1)N1CCN(C(=O)[C@H]2CCCO2)CC1. The molecule has 6 heteroatoms. The molecule has 2 heterocycles. The molecule has 2 amide bonds. The van der Waals surface area contributed by atoms with E-state index in [4.69, 9.17) is 4.74 Å². The number of hydrogen-bond donors (Lipinski definition) is 1. The quantitative estimate of drug-likeness (QED) is 0.865. The number of piperazine rings is 1. The number of nitrogens with zero attached hydrogens (tertiary/aromatic N) is 2. The van der Waals surface area contributed by atoms with Gasteiger partial charge in [0.1, 0.15) is 6.10 Å². The Labute approximate surface area is 149 Å². The van der Waals surface area contributed by atoms with E-state index in [-0.39, 0.29) is 24.0 Å². The number of carbonyl (C=O) groups is 2. The van der Waals surface area contributed by atoms with Gasteiger partial charge in [0.25, 0.3) is 5.91 Å². The van der Waals surface area contributed by atoms with Gasteiger partial charge in [0.05, 0.1) is 6.04 Å². The van der Waals surface area contributed by atoms with Crippen LogP contribution in [0.15, 0.2) is 30.3 Å². The van der Waals surface area contributed by atoms with E-state index in [1.165, 1.54) is 0 Å². The van der Waals surface area contributed by atoms with E-state index in [1.54, 1.807) is 0 Å². The molecule has 0 unspecified atom stereocenters. The van der Waals surface area contributed by atoms with E-state index in [0.29, 0.717) is 26.2 Å². The number of carbonyl (C=O) groups excluding carboxylic acids is 2. The molecule has 3 rings (SSSR count). The van der Waals surface area contributed by atoms with Crippen LogP contribution in [-0.2, 0) is 20.9 Å². The molecular formula is C19H27N3O3. The summed E-state index contributed by atoms with van der Waals surface area (Å²) in [7, 11) is 0. The topological polar surface area (TPSA) is 61.9 Å². The van der Waals surface area contributed by atoms with E-state index < -0.39 is 0 Å². The van der Waals surface area contributed by atoms with Crippen molar-refractivity contribution in [3.05, 3.63) is 35.9 Å². The maximum Gasteiger partial charge on any atom is 0.251 e. The number of benzene rings is 1. The van der Waals surface area contributed by atoms with Crippen LogP contribution in [0.5, 0.6) is 0 Å². The van der Waals surface area contributed by atoms with Gasteiger partial charge in [-0.2, -0.15) is 0 Å². The number of amides is 2. The van der Waals surface area contributed by atoms with Gasteiger partial charge in [0.15, 0.2) is 0 Å². The van der Waals surface area contributed by atoms with Crippen molar-refractivity contribution in [1.82, 2.24) is 15.1 Å². The molecule has 0 aliphatic carbocycles. The van der Waals surface area contributed by atoms with Gasteiger partial charge in [-0.3, -0.25) is 14.5 Å². The molecule has 0 saturated carbocycles. The number of rotatable bonds is 5. The Hall–Kier alpha value is -1.92. The van der Waals surface area contributed by atoms with Gasteiger partial charge >= 0.3 is 0 Å². The van der Waals surface area contributed by atoms with Gasteiger partial charge in [-0.05, 0) is 25.3 Å². The van der Waals surface area contributed by atoms with Crippen molar-refractivity contribution >= 4 is 11.8 Å². The Morgan fingerprint density at radius 2 is 1.92 bits per heavy atom. The Morgan fingerprint density at radius 3 is 2.56 bits per heavy atom. The fourth-order valence-electron chi connectivity index (χ4n) is 3.40. The Kier molecular flexibility index (Phi) is 6.04. The minimum Gasteiger partial charge on any atom is -0.368 e. The van der Waals surface area contributed by atoms with E-state index in [0.717, 1.165) is 31.5 Å². The van der Waals surface area contributed by atoms with E-state index in [1.807, 2.05) is 42.2 Å². The molecule has 1 aromatic carbocycles. The first kappa shape index (κ1) is 17.9. The van der Waals surface area contributed by atoms with Gasteiger partial charge in [-0.15, -0.1) is 0 Å². The lowest BCUT2D eigenvalue weighted by atomic mass is 10.1. The summed E-state index contributed by atoms with van der Waals surface area (Å²) in [5.74, 6) is 0.140. The largest absolute Gasteiger partial charge is 0.368 e. The van der Waals surface area contributed by atoms with Crippen LogP contribution in [0.25, 0.3) is 0 Å². The zero-order valence-electron chi connectivity index (χ0n) is 14.8. The highest BCUT2D eigenvalue weighted by atomic mass is 16.5. The second-order valence-electron chi connectivity index (χ2n) is 6.74. The van der Waals surface area contributed by atoms with Crippen molar-refractivity contribution < 1.29 is 14.3 Å². The lowest BCUT2D eigenvalue weighted by molar-refractivity contribution is -0.143. The summed E-state index contributed by atoms with van der Waals surface area (Å²) in [5.41, 5.74) is 1.09. The van der Waals surface area contributed by atoms with E-state index >= 15 is 0 Å². The van der Waals surface area contributed by atoms with Crippen LogP contribution in [-0.4, -0.2) is 66.5 Å². The summed E-state index contributed by atoms with van der Waals surface area (Å²) in [4.78, 5) is 28.8. The van der Waals surface area contributed by atoms with Gasteiger partial charge in [-0.25, -0.2) is 0 Å². The highest BCUT2D eigenvalue weighted by Gasteiger charge is 2.32. The van der Waals surface area contributed by atoms with Crippen molar-refractivity contribution in [3.63, 3.8) is 0 Å². The summed E-state index contributed by atoms with van der Waals surface area (Å²) in [6.45, 7) is 5.93. The smallest absolute Gasteiger partial charge is 0.251 e. The molecule has 1 N–H and O–H groups in total. The monoisotopic (exact) mass is 345 g/mol. The summed E-state index contributed by atoms with van der Waals surface area (Å²) in [5, 5.41) is 2.99. The van der Waals surface area contributed by atoms with Crippen LogP contribution in [0.4, 0.5) is 0 Å². The second-order valence-corrected chi connectivity index (χ2v) is 6.74. The molecule has 1 aromatic rings. The molecule has 0 bridgehead atoms. The molecule has 2 aliphatic rings. The van der Waals surface area contributed by atoms with Crippen molar-refractivity contribution in [1.29, 1.82) is 0 Å². The first-order valence-corrected chi connectivity index (χ1v) is 9.11. The Balaban J connectivity index is 1.43. The third-order valence-electron chi connectivity index (χ3n) is 5.07. The van der Waals surface area contributed by atoms with Crippen LogP contribution in [0.1, 0.15) is 25.3 Å². The Bertz CT molecular complexity index is 579. The summed E-state index contributed by atoms with van der Waals surface area (Å²) < 4.78 is 5.49. The molecule has 2 saturated heterocycles. The highest BCUT2D eigenvalue weighted by Crippen LogP contribution is 2.16. The predicted molar refractivity (Wildman–Crippen MR) is 94.9 cm³/mol. The van der Waals surface area contributed by atoms with Crippen molar-refractivity contribution in [2.24, 2.45) is 0 Å². The highest BCUT2D eigenvalue weighted by molar-refractivity contribution is 5.82. The summed E-state index contributed by atoms with van der Waals surface area (Å²) in [6.07, 6.45) is 1.55. The molecule has 2 atom stereocenters. The van der Waals surface area contributed by atoms with Crippen LogP contribution in [0.2, 0.25) is 0 Å². The standard InChI is InChI=1S/C19H27N3O3/c1-15(18(23)20-14-16-6-3-2-4-7-16)21-9-11-22(12-10-21)19(24)17-8-5-13-25-17/h2-4,6-7,15,17H,5,8-14H2,1H3,(H,20,23)/t15-,17+/m0/s1. The van der Waals surface area contributed by atoms with Gasteiger partial charge in [0, 0.05) is 39.3 Å².